The normalized spacial score (nSPS) is 10.8. The van der Waals surface area contributed by atoms with Gasteiger partial charge < -0.3 is 9.64 Å². The molecule has 0 aliphatic rings. The van der Waals surface area contributed by atoms with E-state index >= 15 is 0 Å². The number of benzene rings is 2. The second kappa shape index (κ2) is 6.99. The molecule has 0 unspecified atom stereocenters. The molecule has 0 heterocycles. The molecule has 0 saturated heterocycles. The van der Waals surface area contributed by atoms with E-state index in [4.69, 9.17) is 4.74 Å². The SMILES string of the molecule is COc1ccc2c(=O)c3ccccc3ccc2c1CN(C)C.Cl. The fourth-order valence-corrected chi connectivity index (χ4v) is 2.87. The molecule has 0 atom stereocenters. The van der Waals surface area contributed by atoms with E-state index in [-0.39, 0.29) is 17.8 Å². The van der Waals surface area contributed by atoms with E-state index in [0.29, 0.717) is 0 Å². The lowest BCUT2D eigenvalue weighted by Gasteiger charge is -2.15. The molecule has 0 N–H and O–H groups in total. The van der Waals surface area contributed by atoms with Crippen LogP contribution in [0.15, 0.2) is 53.3 Å². The van der Waals surface area contributed by atoms with Crippen molar-refractivity contribution in [2.45, 2.75) is 6.54 Å². The molecule has 3 nitrogen and oxygen atoms in total. The van der Waals surface area contributed by atoms with Gasteiger partial charge in [0.2, 0.25) is 0 Å². The lowest BCUT2D eigenvalue weighted by molar-refractivity contribution is 0.374. The van der Waals surface area contributed by atoms with Gasteiger partial charge in [0.1, 0.15) is 5.75 Å². The fraction of sp³-hybridized carbons (Fsp3) is 0.211. The summed E-state index contributed by atoms with van der Waals surface area (Å²) in [5.74, 6) is 0.816. The summed E-state index contributed by atoms with van der Waals surface area (Å²) >= 11 is 0. The van der Waals surface area contributed by atoms with E-state index in [0.717, 1.165) is 39.4 Å². The number of ether oxygens (including phenoxy) is 1. The highest BCUT2D eigenvalue weighted by Crippen LogP contribution is 2.28. The molecule has 0 saturated carbocycles. The van der Waals surface area contributed by atoms with Gasteiger partial charge in [-0.2, -0.15) is 0 Å². The summed E-state index contributed by atoms with van der Waals surface area (Å²) in [6, 6.07) is 15.5. The van der Waals surface area contributed by atoms with Gasteiger partial charge >= 0.3 is 0 Å². The summed E-state index contributed by atoms with van der Waals surface area (Å²) < 4.78 is 5.49. The molecular formula is C19H20ClNO2. The maximum atomic E-state index is 12.9. The Bertz CT molecular complexity index is 906. The molecule has 0 spiro atoms. The molecule has 0 aliphatic carbocycles. The summed E-state index contributed by atoms with van der Waals surface area (Å²) in [5, 5.41) is 3.39. The molecule has 120 valence electrons. The quantitative estimate of drug-likeness (QED) is 0.731. The Morgan fingerprint density at radius 1 is 0.913 bits per heavy atom. The number of fused-ring (bicyclic) bond motifs is 2. The van der Waals surface area contributed by atoms with Gasteiger partial charge in [-0.1, -0.05) is 36.4 Å². The van der Waals surface area contributed by atoms with E-state index in [1.165, 1.54) is 0 Å². The van der Waals surface area contributed by atoms with Crippen molar-refractivity contribution in [3.05, 3.63) is 64.3 Å². The third-order valence-electron chi connectivity index (χ3n) is 3.89. The number of rotatable bonds is 3. The Labute approximate surface area is 141 Å². The Hall–Kier alpha value is -2.10. The molecule has 4 heteroatoms. The minimum atomic E-state index is 0. The number of hydrogen-bond donors (Lipinski definition) is 0. The number of nitrogens with zero attached hydrogens (tertiary/aromatic N) is 1. The Morgan fingerprint density at radius 2 is 1.61 bits per heavy atom. The number of hydrogen-bond acceptors (Lipinski definition) is 3. The minimum Gasteiger partial charge on any atom is -0.496 e. The largest absolute Gasteiger partial charge is 0.496 e. The van der Waals surface area contributed by atoms with Gasteiger partial charge in [0.05, 0.1) is 7.11 Å². The number of halogens is 1. The van der Waals surface area contributed by atoms with Crippen molar-refractivity contribution >= 4 is 34.0 Å². The first-order chi connectivity index (χ1) is 10.6. The van der Waals surface area contributed by atoms with Crippen LogP contribution in [-0.4, -0.2) is 26.1 Å². The van der Waals surface area contributed by atoms with E-state index in [9.17, 15) is 4.79 Å². The van der Waals surface area contributed by atoms with Crippen molar-refractivity contribution in [1.29, 1.82) is 0 Å². The molecule has 0 radical (unpaired) electrons. The highest BCUT2D eigenvalue weighted by molar-refractivity contribution is 5.95. The maximum Gasteiger partial charge on any atom is 0.194 e. The van der Waals surface area contributed by atoms with Gasteiger partial charge in [-0.05, 0) is 37.0 Å². The van der Waals surface area contributed by atoms with Crippen LogP contribution < -0.4 is 10.2 Å². The van der Waals surface area contributed by atoms with Crippen molar-refractivity contribution in [1.82, 2.24) is 4.90 Å². The highest BCUT2D eigenvalue weighted by Gasteiger charge is 2.11. The van der Waals surface area contributed by atoms with Gasteiger partial charge in [-0.15, -0.1) is 12.4 Å². The van der Waals surface area contributed by atoms with Crippen molar-refractivity contribution in [3.63, 3.8) is 0 Å². The molecule has 0 aliphatic heterocycles. The highest BCUT2D eigenvalue weighted by atomic mass is 35.5. The third-order valence-corrected chi connectivity index (χ3v) is 3.89. The summed E-state index contributed by atoms with van der Waals surface area (Å²) in [7, 11) is 5.68. The van der Waals surface area contributed by atoms with Gasteiger partial charge in [0.15, 0.2) is 5.43 Å². The Balaban J connectivity index is 0.00000192. The summed E-state index contributed by atoms with van der Waals surface area (Å²) in [5.41, 5.74) is 1.11. The number of methoxy groups -OCH3 is 1. The van der Waals surface area contributed by atoms with Crippen LogP contribution >= 0.6 is 12.4 Å². The lowest BCUT2D eigenvalue weighted by atomic mass is 10.0. The zero-order valence-electron chi connectivity index (χ0n) is 13.5. The van der Waals surface area contributed by atoms with Crippen LogP contribution in [0.25, 0.3) is 21.5 Å². The molecule has 3 aromatic rings. The average Bonchev–Trinajstić information content (AvgIpc) is 2.65. The monoisotopic (exact) mass is 329 g/mol. The van der Waals surface area contributed by atoms with Crippen molar-refractivity contribution in [2.75, 3.05) is 21.2 Å². The van der Waals surface area contributed by atoms with Crippen molar-refractivity contribution < 1.29 is 4.74 Å². The standard InChI is InChI=1S/C19H19NO2.ClH/c1-20(2)12-17-15-9-8-13-6-4-5-7-14(13)19(21)16(15)10-11-18(17)22-3;/h4-11H,12H2,1-3H3;1H. The summed E-state index contributed by atoms with van der Waals surface area (Å²) in [6.07, 6.45) is 0. The van der Waals surface area contributed by atoms with E-state index in [2.05, 4.69) is 4.90 Å². The molecule has 3 rings (SSSR count). The second-order valence-electron chi connectivity index (χ2n) is 5.70. The smallest absolute Gasteiger partial charge is 0.194 e. The Kier molecular flexibility index (Phi) is 5.24. The first-order valence-electron chi connectivity index (χ1n) is 7.28. The molecule has 0 fully saturated rings. The van der Waals surface area contributed by atoms with Gasteiger partial charge in [0.25, 0.3) is 0 Å². The van der Waals surface area contributed by atoms with Gasteiger partial charge in [-0.25, -0.2) is 0 Å². The lowest BCUT2D eigenvalue weighted by Crippen LogP contribution is -2.12. The predicted molar refractivity (Wildman–Crippen MR) is 98.9 cm³/mol. The fourth-order valence-electron chi connectivity index (χ4n) is 2.87. The molecule has 3 aromatic carbocycles. The minimum absolute atomic E-state index is 0. The Morgan fingerprint density at radius 3 is 2.30 bits per heavy atom. The molecule has 23 heavy (non-hydrogen) atoms. The van der Waals surface area contributed by atoms with Crippen LogP contribution in [0.5, 0.6) is 5.75 Å². The van der Waals surface area contributed by atoms with Crippen LogP contribution in [-0.2, 0) is 6.54 Å². The van der Waals surface area contributed by atoms with Crippen LogP contribution in [0.4, 0.5) is 0 Å². The van der Waals surface area contributed by atoms with E-state index in [1.54, 1.807) is 7.11 Å². The molecular weight excluding hydrogens is 310 g/mol. The van der Waals surface area contributed by atoms with Crippen molar-refractivity contribution in [2.24, 2.45) is 0 Å². The summed E-state index contributed by atoms with van der Waals surface area (Å²) in [4.78, 5) is 14.9. The molecule has 0 amide bonds. The first-order valence-corrected chi connectivity index (χ1v) is 7.28. The summed E-state index contributed by atoms with van der Waals surface area (Å²) in [6.45, 7) is 0.723. The maximum absolute atomic E-state index is 12.9. The zero-order valence-corrected chi connectivity index (χ0v) is 14.3. The van der Waals surface area contributed by atoms with Crippen LogP contribution in [0.2, 0.25) is 0 Å². The molecule has 0 aromatic heterocycles. The van der Waals surface area contributed by atoms with E-state index < -0.39 is 0 Å². The topological polar surface area (TPSA) is 29.5 Å². The third kappa shape index (κ3) is 3.16. The van der Waals surface area contributed by atoms with Crippen LogP contribution in [0.3, 0.4) is 0 Å². The van der Waals surface area contributed by atoms with Crippen molar-refractivity contribution in [3.8, 4) is 5.75 Å². The first kappa shape index (κ1) is 17.3. The van der Waals surface area contributed by atoms with Gasteiger partial charge in [0, 0.05) is 22.9 Å². The van der Waals surface area contributed by atoms with Crippen LogP contribution in [0.1, 0.15) is 5.56 Å². The average molecular weight is 330 g/mol. The van der Waals surface area contributed by atoms with Crippen LogP contribution in [0, 0.1) is 0 Å². The van der Waals surface area contributed by atoms with Gasteiger partial charge in [-0.3, -0.25) is 4.79 Å². The predicted octanol–water partition coefficient (Wildman–Crippen LogP) is 3.85. The molecule has 0 bridgehead atoms. The second-order valence-corrected chi connectivity index (χ2v) is 5.70. The van der Waals surface area contributed by atoms with E-state index in [1.807, 2.05) is 62.6 Å². The zero-order chi connectivity index (χ0) is 15.7.